The summed E-state index contributed by atoms with van der Waals surface area (Å²) in [5.41, 5.74) is 1.09. The fourth-order valence-electron chi connectivity index (χ4n) is 3.54. The minimum atomic E-state index is -0.0134. The van der Waals surface area contributed by atoms with Crippen LogP contribution >= 0.6 is 11.3 Å². The maximum atomic E-state index is 13.4. The molecule has 6 heteroatoms. The van der Waals surface area contributed by atoms with Gasteiger partial charge in [0, 0.05) is 37.6 Å². The van der Waals surface area contributed by atoms with Crippen molar-refractivity contribution in [3.05, 3.63) is 58.3 Å². The average molecular weight is 459 g/mol. The van der Waals surface area contributed by atoms with Crippen LogP contribution in [0.4, 0.5) is 0 Å². The van der Waals surface area contributed by atoms with Crippen molar-refractivity contribution in [1.82, 2.24) is 9.80 Å². The lowest BCUT2D eigenvalue weighted by molar-refractivity contribution is -0.141. The van der Waals surface area contributed by atoms with Gasteiger partial charge >= 0.3 is 0 Å². The molecule has 0 unspecified atom stereocenters. The van der Waals surface area contributed by atoms with Gasteiger partial charge in [0.1, 0.15) is 0 Å². The van der Waals surface area contributed by atoms with Crippen LogP contribution in [0.25, 0.3) is 0 Å². The Morgan fingerprint density at radius 2 is 1.69 bits per heavy atom. The zero-order chi connectivity index (χ0) is 23.0. The maximum Gasteiger partial charge on any atom is 0.242 e. The lowest BCUT2D eigenvalue weighted by atomic mass is 10.1. The molecule has 0 saturated heterocycles. The Morgan fingerprint density at radius 1 is 0.875 bits per heavy atom. The van der Waals surface area contributed by atoms with Crippen molar-refractivity contribution >= 4 is 23.2 Å². The van der Waals surface area contributed by atoms with Crippen molar-refractivity contribution in [3.63, 3.8) is 0 Å². The Bertz CT molecular complexity index is 765. The number of benzene rings is 1. The van der Waals surface area contributed by atoms with E-state index in [0.717, 1.165) is 42.5 Å². The molecule has 32 heavy (non-hydrogen) atoms. The molecule has 1 aromatic heterocycles. The van der Waals surface area contributed by atoms with Crippen LogP contribution in [0.2, 0.25) is 0 Å². The molecule has 0 atom stereocenters. The molecule has 0 bridgehead atoms. The second-order valence-electron chi connectivity index (χ2n) is 7.99. The Kier molecular flexibility index (Phi) is 12.7. The lowest BCUT2D eigenvalue weighted by Gasteiger charge is -2.28. The summed E-state index contributed by atoms with van der Waals surface area (Å²) in [5, 5.41) is 2.03. The highest BCUT2D eigenvalue weighted by Gasteiger charge is 2.21. The smallest absolute Gasteiger partial charge is 0.242 e. The summed E-state index contributed by atoms with van der Waals surface area (Å²) in [6.45, 7) is 7.16. The second kappa shape index (κ2) is 15.6. The number of hydrogen-bond donors (Lipinski definition) is 0. The molecule has 5 nitrogen and oxygen atoms in total. The third-order valence-corrected chi connectivity index (χ3v) is 6.20. The molecule has 2 amide bonds. The third kappa shape index (κ3) is 9.96. The Morgan fingerprint density at radius 3 is 2.38 bits per heavy atom. The molecule has 0 radical (unpaired) electrons. The molecule has 176 valence electrons. The summed E-state index contributed by atoms with van der Waals surface area (Å²) in [4.78, 5) is 31.0. The van der Waals surface area contributed by atoms with Gasteiger partial charge in [-0.2, -0.15) is 0 Å². The molecule has 0 saturated carbocycles. The van der Waals surface area contributed by atoms with E-state index in [1.165, 1.54) is 0 Å². The van der Waals surface area contributed by atoms with Crippen molar-refractivity contribution in [2.45, 2.75) is 65.5 Å². The summed E-state index contributed by atoms with van der Waals surface area (Å²) in [6.07, 6.45) is 5.47. The molecule has 1 aromatic carbocycles. The van der Waals surface area contributed by atoms with Gasteiger partial charge in [0.15, 0.2) is 0 Å². The summed E-state index contributed by atoms with van der Waals surface area (Å²) in [6, 6.07) is 14.1. The molecule has 0 spiro atoms. The van der Waals surface area contributed by atoms with E-state index >= 15 is 0 Å². The first-order valence-electron chi connectivity index (χ1n) is 11.8. The van der Waals surface area contributed by atoms with Gasteiger partial charge in [-0.25, -0.2) is 0 Å². The minimum absolute atomic E-state index is 0.0134. The summed E-state index contributed by atoms with van der Waals surface area (Å²) < 4.78 is 5.45. The highest BCUT2D eigenvalue weighted by Crippen LogP contribution is 2.16. The largest absolute Gasteiger partial charge is 0.382 e. The van der Waals surface area contributed by atoms with Crippen LogP contribution < -0.4 is 0 Å². The van der Waals surface area contributed by atoms with Gasteiger partial charge in [0.2, 0.25) is 11.8 Å². The predicted octanol–water partition coefficient (Wildman–Crippen LogP) is 5.50. The minimum Gasteiger partial charge on any atom is -0.382 e. The van der Waals surface area contributed by atoms with Crippen molar-refractivity contribution in [3.8, 4) is 0 Å². The average Bonchev–Trinajstić information content (AvgIpc) is 3.32. The maximum absolute atomic E-state index is 13.4. The van der Waals surface area contributed by atoms with Gasteiger partial charge in [-0.1, -0.05) is 62.6 Å². The summed E-state index contributed by atoms with van der Waals surface area (Å²) in [7, 11) is 0. The first-order valence-corrected chi connectivity index (χ1v) is 12.7. The predicted molar refractivity (Wildman–Crippen MR) is 131 cm³/mol. The summed E-state index contributed by atoms with van der Waals surface area (Å²) in [5.74, 6) is 0.0577. The Labute approximate surface area is 197 Å². The highest BCUT2D eigenvalue weighted by molar-refractivity contribution is 7.09. The van der Waals surface area contributed by atoms with Crippen molar-refractivity contribution in [1.29, 1.82) is 0 Å². The quantitative estimate of drug-likeness (QED) is 0.312. The standard InChI is InChI=1S/C26H38N2O3S/c1-3-5-6-10-16-25(29)27(17-12-18-31-4-2)22-26(30)28(21-24-15-11-19-32-24)20-23-13-8-7-9-14-23/h7-9,11,13-15,19H,3-6,10,12,16-18,20-22H2,1-2H3. The van der Waals surface area contributed by atoms with Gasteiger partial charge in [-0.05, 0) is 36.8 Å². The Balaban J connectivity index is 2.05. The molecule has 0 aliphatic heterocycles. The van der Waals surface area contributed by atoms with E-state index in [-0.39, 0.29) is 18.4 Å². The van der Waals surface area contributed by atoms with Crippen LogP contribution in [0, 0.1) is 0 Å². The van der Waals surface area contributed by atoms with Crippen LogP contribution in [0.15, 0.2) is 47.8 Å². The van der Waals surface area contributed by atoms with Crippen molar-refractivity contribution < 1.29 is 14.3 Å². The van der Waals surface area contributed by atoms with Crippen LogP contribution in [-0.2, 0) is 27.4 Å². The molecule has 2 aromatic rings. The first kappa shape index (κ1) is 26.1. The fourth-order valence-corrected chi connectivity index (χ4v) is 4.26. The van der Waals surface area contributed by atoms with Gasteiger partial charge in [-0.3, -0.25) is 9.59 Å². The van der Waals surface area contributed by atoms with E-state index in [9.17, 15) is 9.59 Å². The van der Waals surface area contributed by atoms with E-state index < -0.39 is 0 Å². The number of rotatable bonds is 16. The van der Waals surface area contributed by atoms with Gasteiger partial charge in [-0.15, -0.1) is 11.3 Å². The van der Waals surface area contributed by atoms with Crippen LogP contribution in [0.5, 0.6) is 0 Å². The molecule has 1 heterocycles. The number of thiophene rings is 1. The lowest BCUT2D eigenvalue weighted by Crippen LogP contribution is -2.43. The Hall–Kier alpha value is -2.18. The number of carbonyl (C=O) groups excluding carboxylic acids is 2. The van der Waals surface area contributed by atoms with Crippen molar-refractivity contribution in [2.24, 2.45) is 0 Å². The third-order valence-electron chi connectivity index (χ3n) is 5.34. The van der Waals surface area contributed by atoms with E-state index in [2.05, 4.69) is 13.0 Å². The van der Waals surface area contributed by atoms with Crippen LogP contribution in [0.3, 0.4) is 0 Å². The normalized spacial score (nSPS) is 10.8. The van der Waals surface area contributed by atoms with Crippen LogP contribution in [0.1, 0.15) is 62.8 Å². The van der Waals surface area contributed by atoms with Gasteiger partial charge in [0.25, 0.3) is 0 Å². The number of unbranched alkanes of at least 4 members (excludes halogenated alkanes) is 3. The SMILES string of the molecule is CCCCCCC(=O)N(CCCOCC)CC(=O)N(Cc1ccccc1)Cc1cccs1. The number of ether oxygens (including phenoxy) is 1. The van der Waals surface area contributed by atoms with Crippen molar-refractivity contribution in [2.75, 3.05) is 26.3 Å². The molecule has 0 aliphatic rings. The number of amides is 2. The molecular formula is C26H38N2O3S. The summed E-state index contributed by atoms with van der Waals surface area (Å²) >= 11 is 1.65. The highest BCUT2D eigenvalue weighted by atomic mass is 32.1. The topological polar surface area (TPSA) is 49.9 Å². The second-order valence-corrected chi connectivity index (χ2v) is 9.02. The van der Waals surface area contributed by atoms with Crippen LogP contribution in [-0.4, -0.2) is 47.9 Å². The van der Waals surface area contributed by atoms with E-state index in [4.69, 9.17) is 4.74 Å². The number of carbonyl (C=O) groups is 2. The fraction of sp³-hybridized carbons (Fsp3) is 0.538. The number of nitrogens with zero attached hydrogens (tertiary/aromatic N) is 2. The number of hydrogen-bond acceptors (Lipinski definition) is 4. The van der Waals surface area contributed by atoms with E-state index in [1.807, 2.05) is 53.6 Å². The molecule has 0 aliphatic carbocycles. The van der Waals surface area contributed by atoms with Gasteiger partial charge < -0.3 is 14.5 Å². The zero-order valence-electron chi connectivity index (χ0n) is 19.6. The van der Waals surface area contributed by atoms with E-state index in [1.54, 1.807) is 16.2 Å². The monoisotopic (exact) mass is 458 g/mol. The molecule has 0 N–H and O–H groups in total. The molecular weight excluding hydrogens is 420 g/mol. The zero-order valence-corrected chi connectivity index (χ0v) is 20.4. The van der Waals surface area contributed by atoms with E-state index in [0.29, 0.717) is 39.3 Å². The first-order chi connectivity index (χ1) is 15.6. The van der Waals surface area contributed by atoms with Gasteiger partial charge in [0.05, 0.1) is 13.1 Å². The molecule has 0 fully saturated rings. The molecule has 2 rings (SSSR count).